The summed E-state index contributed by atoms with van der Waals surface area (Å²) in [5.41, 5.74) is -0.549. The van der Waals surface area contributed by atoms with E-state index in [0.717, 1.165) is 12.1 Å². The van der Waals surface area contributed by atoms with Crippen molar-refractivity contribution in [1.82, 2.24) is 14.7 Å². The van der Waals surface area contributed by atoms with Gasteiger partial charge in [-0.15, -0.1) is 0 Å². The molecular weight excluding hydrogens is 299 g/mol. The molecule has 0 fully saturated rings. The molecular formula is C14H14F3N3O2. The Morgan fingerprint density at radius 1 is 1.32 bits per heavy atom. The molecule has 1 amide bonds. The summed E-state index contributed by atoms with van der Waals surface area (Å²) in [5, 5.41) is 4.00. The van der Waals surface area contributed by atoms with E-state index < -0.39 is 11.7 Å². The van der Waals surface area contributed by atoms with E-state index in [1.165, 1.54) is 34.0 Å². The minimum Gasteiger partial charge on any atom is -0.471 e. The lowest BCUT2D eigenvalue weighted by molar-refractivity contribution is -0.137. The molecule has 0 radical (unpaired) electrons. The molecule has 0 N–H and O–H groups in total. The fourth-order valence-electron chi connectivity index (χ4n) is 1.68. The third-order valence-electron chi connectivity index (χ3n) is 2.79. The Morgan fingerprint density at radius 3 is 2.68 bits per heavy atom. The fraction of sp³-hybridized carbons (Fsp3) is 0.286. The number of alkyl halides is 3. The van der Waals surface area contributed by atoms with Crippen LogP contribution in [-0.2, 0) is 12.9 Å². The molecule has 8 heteroatoms. The number of benzene rings is 1. The monoisotopic (exact) mass is 313 g/mol. The van der Waals surface area contributed by atoms with Crippen LogP contribution in [0.15, 0.2) is 36.5 Å². The zero-order chi connectivity index (χ0) is 16.3. The molecule has 2 rings (SSSR count). The van der Waals surface area contributed by atoms with Gasteiger partial charge in [0, 0.05) is 20.3 Å². The predicted molar refractivity (Wildman–Crippen MR) is 72.3 cm³/mol. The molecule has 22 heavy (non-hydrogen) atoms. The number of rotatable bonds is 4. The van der Waals surface area contributed by atoms with Gasteiger partial charge in [0.2, 0.25) is 0 Å². The molecule has 1 heterocycles. The zero-order valence-corrected chi connectivity index (χ0v) is 12.0. The number of halogens is 3. The van der Waals surface area contributed by atoms with Gasteiger partial charge < -0.3 is 9.64 Å². The second kappa shape index (κ2) is 6.08. The maximum Gasteiger partial charge on any atom is 0.416 e. The standard InChI is InChI=1S/C14H14F3N3O2/c1-19(2)13(21)12-6-7-20(18-12)9-22-11-5-3-4-10(8-11)14(15,16)17/h3-8H,9H2,1-2H3. The van der Waals surface area contributed by atoms with E-state index in [0.29, 0.717) is 0 Å². The second-order valence-corrected chi connectivity index (χ2v) is 4.74. The van der Waals surface area contributed by atoms with Gasteiger partial charge in [0.1, 0.15) is 11.4 Å². The summed E-state index contributed by atoms with van der Waals surface area (Å²) >= 11 is 0. The van der Waals surface area contributed by atoms with Crippen molar-refractivity contribution in [3.8, 4) is 5.75 Å². The molecule has 0 aliphatic carbocycles. The van der Waals surface area contributed by atoms with Gasteiger partial charge in [-0.25, -0.2) is 4.68 Å². The third-order valence-corrected chi connectivity index (χ3v) is 2.79. The van der Waals surface area contributed by atoms with Gasteiger partial charge in [-0.3, -0.25) is 4.79 Å². The number of amides is 1. The van der Waals surface area contributed by atoms with E-state index in [1.54, 1.807) is 14.1 Å². The Morgan fingerprint density at radius 2 is 2.05 bits per heavy atom. The van der Waals surface area contributed by atoms with E-state index in [1.807, 2.05) is 0 Å². The quantitative estimate of drug-likeness (QED) is 0.872. The Balaban J connectivity index is 2.03. The largest absolute Gasteiger partial charge is 0.471 e. The van der Waals surface area contributed by atoms with Gasteiger partial charge >= 0.3 is 6.18 Å². The van der Waals surface area contributed by atoms with Crippen LogP contribution >= 0.6 is 0 Å². The van der Waals surface area contributed by atoms with Crippen molar-refractivity contribution in [2.45, 2.75) is 12.9 Å². The lowest BCUT2D eigenvalue weighted by Gasteiger charge is -2.10. The van der Waals surface area contributed by atoms with Crippen LogP contribution in [0, 0.1) is 0 Å². The minimum absolute atomic E-state index is 0.0748. The van der Waals surface area contributed by atoms with Crippen molar-refractivity contribution in [2.75, 3.05) is 14.1 Å². The number of hydrogen-bond donors (Lipinski definition) is 0. The first kappa shape index (κ1) is 15.9. The average molecular weight is 313 g/mol. The number of carbonyl (C=O) groups is 1. The van der Waals surface area contributed by atoms with Crippen molar-refractivity contribution in [2.24, 2.45) is 0 Å². The summed E-state index contributed by atoms with van der Waals surface area (Å²) in [5.74, 6) is -0.191. The van der Waals surface area contributed by atoms with Crippen molar-refractivity contribution in [3.05, 3.63) is 47.8 Å². The highest BCUT2D eigenvalue weighted by molar-refractivity contribution is 5.91. The molecule has 0 saturated carbocycles. The Labute approximate surface area is 124 Å². The Bertz CT molecular complexity index is 665. The molecule has 0 aliphatic heterocycles. The molecule has 2 aromatic rings. The summed E-state index contributed by atoms with van der Waals surface area (Å²) in [6.45, 7) is -0.0952. The smallest absolute Gasteiger partial charge is 0.416 e. The maximum absolute atomic E-state index is 12.6. The van der Waals surface area contributed by atoms with E-state index >= 15 is 0 Å². The van der Waals surface area contributed by atoms with Crippen LogP contribution in [0.2, 0.25) is 0 Å². The van der Waals surface area contributed by atoms with Gasteiger partial charge in [-0.1, -0.05) is 6.07 Å². The highest BCUT2D eigenvalue weighted by Gasteiger charge is 2.30. The molecule has 0 bridgehead atoms. The SMILES string of the molecule is CN(C)C(=O)c1ccn(COc2cccc(C(F)(F)F)c2)n1. The van der Waals surface area contributed by atoms with Crippen LogP contribution < -0.4 is 4.74 Å². The van der Waals surface area contributed by atoms with E-state index in [-0.39, 0.29) is 24.1 Å². The molecule has 0 atom stereocenters. The fourth-order valence-corrected chi connectivity index (χ4v) is 1.68. The zero-order valence-electron chi connectivity index (χ0n) is 12.0. The molecule has 1 aromatic carbocycles. The first-order valence-corrected chi connectivity index (χ1v) is 6.32. The Hall–Kier alpha value is -2.51. The third kappa shape index (κ3) is 3.78. The predicted octanol–water partition coefficient (Wildman–Crippen LogP) is 2.64. The van der Waals surface area contributed by atoms with Crippen LogP contribution in [0.5, 0.6) is 5.75 Å². The Kier molecular flexibility index (Phi) is 4.39. The lowest BCUT2D eigenvalue weighted by atomic mass is 10.2. The lowest BCUT2D eigenvalue weighted by Crippen LogP contribution is -2.22. The molecule has 0 spiro atoms. The number of nitrogens with zero attached hydrogens (tertiary/aromatic N) is 3. The van der Waals surface area contributed by atoms with Gasteiger partial charge in [0.05, 0.1) is 5.56 Å². The van der Waals surface area contributed by atoms with Crippen LogP contribution in [0.1, 0.15) is 16.1 Å². The molecule has 118 valence electrons. The topological polar surface area (TPSA) is 47.4 Å². The van der Waals surface area contributed by atoms with Gasteiger partial charge in [-0.05, 0) is 24.3 Å². The van der Waals surface area contributed by atoms with E-state index in [9.17, 15) is 18.0 Å². The first-order chi connectivity index (χ1) is 10.3. The number of hydrogen-bond acceptors (Lipinski definition) is 3. The number of ether oxygens (including phenoxy) is 1. The summed E-state index contributed by atoms with van der Waals surface area (Å²) in [6, 6.07) is 6.08. The molecule has 0 saturated heterocycles. The van der Waals surface area contributed by atoms with Crippen LogP contribution in [0.4, 0.5) is 13.2 Å². The first-order valence-electron chi connectivity index (χ1n) is 6.32. The highest BCUT2D eigenvalue weighted by Crippen LogP contribution is 2.31. The van der Waals surface area contributed by atoms with Gasteiger partial charge in [0.25, 0.3) is 5.91 Å². The maximum atomic E-state index is 12.6. The highest BCUT2D eigenvalue weighted by atomic mass is 19.4. The summed E-state index contributed by atoms with van der Waals surface area (Å²) in [6.07, 6.45) is -2.90. The van der Waals surface area contributed by atoms with E-state index in [4.69, 9.17) is 4.74 Å². The minimum atomic E-state index is -4.42. The van der Waals surface area contributed by atoms with Gasteiger partial charge in [-0.2, -0.15) is 18.3 Å². The number of aromatic nitrogens is 2. The summed E-state index contributed by atoms with van der Waals surface area (Å²) in [7, 11) is 3.20. The van der Waals surface area contributed by atoms with Crippen molar-refractivity contribution in [1.29, 1.82) is 0 Å². The molecule has 0 aliphatic rings. The summed E-state index contributed by atoms with van der Waals surface area (Å²) in [4.78, 5) is 13.0. The van der Waals surface area contributed by atoms with Crippen molar-refractivity contribution >= 4 is 5.91 Å². The van der Waals surface area contributed by atoms with Crippen molar-refractivity contribution < 1.29 is 22.7 Å². The van der Waals surface area contributed by atoms with Crippen LogP contribution in [0.25, 0.3) is 0 Å². The summed E-state index contributed by atoms with van der Waals surface area (Å²) < 4.78 is 44.3. The van der Waals surface area contributed by atoms with Crippen molar-refractivity contribution in [3.63, 3.8) is 0 Å². The number of carbonyl (C=O) groups excluding carboxylic acids is 1. The van der Waals surface area contributed by atoms with Crippen LogP contribution in [0.3, 0.4) is 0 Å². The normalized spacial score (nSPS) is 11.3. The second-order valence-electron chi connectivity index (χ2n) is 4.74. The average Bonchev–Trinajstić information content (AvgIpc) is 2.92. The van der Waals surface area contributed by atoms with E-state index in [2.05, 4.69) is 5.10 Å². The van der Waals surface area contributed by atoms with Crippen LogP contribution in [-0.4, -0.2) is 34.7 Å². The van der Waals surface area contributed by atoms with Gasteiger partial charge in [0.15, 0.2) is 6.73 Å². The molecule has 0 unspecified atom stereocenters. The molecule has 5 nitrogen and oxygen atoms in total. The molecule has 1 aromatic heterocycles.